The van der Waals surface area contributed by atoms with E-state index < -0.39 is 0 Å². The third kappa shape index (κ3) is 3.08. The van der Waals surface area contributed by atoms with Gasteiger partial charge in [-0.05, 0) is 32.0 Å². The van der Waals surface area contributed by atoms with Gasteiger partial charge in [-0.25, -0.2) is 4.98 Å². The van der Waals surface area contributed by atoms with Gasteiger partial charge in [-0.3, -0.25) is 9.78 Å². The van der Waals surface area contributed by atoms with Crippen LogP contribution in [0, 0.1) is 0 Å². The number of nitrogen functional groups attached to an aromatic ring is 1. The van der Waals surface area contributed by atoms with Gasteiger partial charge in [0.2, 0.25) is 5.95 Å². The highest BCUT2D eigenvalue weighted by Gasteiger charge is 2.10. The standard InChI is InChI=1S/C14H20N4O2/c1-3-18(7-8-20-4-2)14-16-12-6-5-10(15)9-11(12)13(19)17-14/h5-6,9H,3-4,7-8,15H2,1-2H3,(H,16,17,19). The molecule has 1 aromatic carbocycles. The predicted molar refractivity (Wildman–Crippen MR) is 81.2 cm³/mol. The van der Waals surface area contributed by atoms with E-state index in [4.69, 9.17) is 10.5 Å². The monoisotopic (exact) mass is 276 g/mol. The Kier molecular flexibility index (Phi) is 4.57. The van der Waals surface area contributed by atoms with Crippen molar-refractivity contribution in [2.75, 3.05) is 36.9 Å². The molecule has 2 rings (SSSR count). The number of likely N-dealkylation sites (N-methyl/N-ethyl adjacent to an activating group) is 1. The SMILES string of the molecule is CCOCCN(CC)c1nc2ccc(N)cc2c(=O)[nH]1. The maximum atomic E-state index is 12.1. The molecule has 0 atom stereocenters. The minimum atomic E-state index is -0.174. The Balaban J connectivity index is 2.34. The molecular formula is C14H20N4O2. The molecule has 20 heavy (non-hydrogen) atoms. The molecule has 0 aliphatic heterocycles. The number of H-pyrrole nitrogens is 1. The minimum Gasteiger partial charge on any atom is -0.399 e. The Morgan fingerprint density at radius 2 is 2.20 bits per heavy atom. The van der Waals surface area contributed by atoms with Crippen molar-refractivity contribution in [2.24, 2.45) is 0 Å². The van der Waals surface area contributed by atoms with Crippen LogP contribution in [-0.2, 0) is 4.74 Å². The highest BCUT2D eigenvalue weighted by atomic mass is 16.5. The fraction of sp³-hybridized carbons (Fsp3) is 0.429. The number of benzene rings is 1. The second kappa shape index (κ2) is 6.38. The first-order chi connectivity index (χ1) is 9.65. The smallest absolute Gasteiger partial charge is 0.260 e. The lowest BCUT2D eigenvalue weighted by atomic mass is 10.2. The highest BCUT2D eigenvalue weighted by Crippen LogP contribution is 2.14. The molecule has 6 nitrogen and oxygen atoms in total. The topological polar surface area (TPSA) is 84.2 Å². The first kappa shape index (κ1) is 14.3. The molecule has 1 heterocycles. The number of rotatable bonds is 6. The van der Waals surface area contributed by atoms with E-state index in [1.54, 1.807) is 18.2 Å². The van der Waals surface area contributed by atoms with Crippen molar-refractivity contribution in [2.45, 2.75) is 13.8 Å². The predicted octanol–water partition coefficient (Wildman–Crippen LogP) is 1.37. The number of nitrogens with one attached hydrogen (secondary N) is 1. The van der Waals surface area contributed by atoms with E-state index in [1.807, 2.05) is 18.7 Å². The number of hydrogen-bond donors (Lipinski definition) is 2. The molecule has 1 aromatic heterocycles. The average Bonchev–Trinajstić information content (AvgIpc) is 2.44. The summed E-state index contributed by atoms with van der Waals surface area (Å²) in [5, 5.41) is 0.509. The van der Waals surface area contributed by atoms with Crippen molar-refractivity contribution in [3.05, 3.63) is 28.6 Å². The molecule has 0 saturated carbocycles. The molecule has 2 aromatic rings. The van der Waals surface area contributed by atoms with Crippen LogP contribution < -0.4 is 16.2 Å². The lowest BCUT2D eigenvalue weighted by molar-refractivity contribution is 0.153. The maximum absolute atomic E-state index is 12.1. The number of fused-ring (bicyclic) bond motifs is 1. The van der Waals surface area contributed by atoms with Gasteiger partial charge in [-0.1, -0.05) is 0 Å². The van der Waals surface area contributed by atoms with E-state index in [1.165, 1.54) is 0 Å². The lowest BCUT2D eigenvalue weighted by Crippen LogP contribution is -2.30. The molecule has 0 aliphatic rings. The number of ether oxygens (including phenoxy) is 1. The van der Waals surface area contributed by atoms with Crippen molar-refractivity contribution in [1.82, 2.24) is 9.97 Å². The molecule has 108 valence electrons. The summed E-state index contributed by atoms with van der Waals surface area (Å²) in [6.45, 7) is 6.69. The zero-order valence-electron chi connectivity index (χ0n) is 11.8. The van der Waals surface area contributed by atoms with Gasteiger partial charge in [0, 0.05) is 25.4 Å². The minimum absolute atomic E-state index is 0.174. The van der Waals surface area contributed by atoms with E-state index in [0.29, 0.717) is 42.3 Å². The fourth-order valence-electron chi connectivity index (χ4n) is 2.03. The Hall–Kier alpha value is -2.08. The van der Waals surface area contributed by atoms with Crippen LogP contribution in [-0.4, -0.2) is 36.3 Å². The van der Waals surface area contributed by atoms with Crippen LogP contribution in [0.1, 0.15) is 13.8 Å². The normalized spacial score (nSPS) is 10.9. The summed E-state index contributed by atoms with van der Waals surface area (Å²) in [6, 6.07) is 5.15. The Morgan fingerprint density at radius 1 is 1.40 bits per heavy atom. The van der Waals surface area contributed by atoms with Gasteiger partial charge in [0.1, 0.15) is 0 Å². The van der Waals surface area contributed by atoms with Crippen LogP contribution in [0.25, 0.3) is 10.9 Å². The summed E-state index contributed by atoms with van der Waals surface area (Å²) in [7, 11) is 0. The first-order valence-electron chi connectivity index (χ1n) is 6.78. The molecular weight excluding hydrogens is 256 g/mol. The number of nitrogens with zero attached hydrogens (tertiary/aromatic N) is 2. The van der Waals surface area contributed by atoms with E-state index in [-0.39, 0.29) is 5.56 Å². The second-order valence-electron chi connectivity index (χ2n) is 4.44. The number of aromatic nitrogens is 2. The summed E-state index contributed by atoms with van der Waals surface area (Å²) in [6.07, 6.45) is 0. The fourth-order valence-corrected chi connectivity index (χ4v) is 2.03. The number of aromatic amines is 1. The van der Waals surface area contributed by atoms with Crippen LogP contribution >= 0.6 is 0 Å². The third-order valence-electron chi connectivity index (χ3n) is 3.11. The molecule has 0 radical (unpaired) electrons. The summed E-state index contributed by atoms with van der Waals surface area (Å²) in [5.74, 6) is 0.564. The summed E-state index contributed by atoms with van der Waals surface area (Å²) < 4.78 is 5.34. The van der Waals surface area contributed by atoms with Gasteiger partial charge >= 0.3 is 0 Å². The number of hydrogen-bond acceptors (Lipinski definition) is 5. The Bertz CT molecular complexity index is 639. The molecule has 0 unspecified atom stereocenters. The number of anilines is 2. The molecule has 0 bridgehead atoms. The second-order valence-corrected chi connectivity index (χ2v) is 4.44. The van der Waals surface area contributed by atoms with Gasteiger partial charge < -0.3 is 15.4 Å². The van der Waals surface area contributed by atoms with E-state index >= 15 is 0 Å². The molecule has 6 heteroatoms. The van der Waals surface area contributed by atoms with Crippen LogP contribution in [0.2, 0.25) is 0 Å². The molecule has 0 aliphatic carbocycles. The molecule has 0 saturated heterocycles. The van der Waals surface area contributed by atoms with Gasteiger partial charge in [0.15, 0.2) is 0 Å². The van der Waals surface area contributed by atoms with Crippen LogP contribution in [0.3, 0.4) is 0 Å². The third-order valence-corrected chi connectivity index (χ3v) is 3.11. The molecule has 0 spiro atoms. The lowest BCUT2D eigenvalue weighted by Gasteiger charge is -2.21. The maximum Gasteiger partial charge on any atom is 0.260 e. The summed E-state index contributed by atoms with van der Waals surface area (Å²) in [4.78, 5) is 21.4. The van der Waals surface area contributed by atoms with Crippen LogP contribution in [0.5, 0.6) is 0 Å². The average molecular weight is 276 g/mol. The zero-order chi connectivity index (χ0) is 14.5. The van der Waals surface area contributed by atoms with E-state index in [9.17, 15) is 4.79 Å². The van der Waals surface area contributed by atoms with E-state index in [2.05, 4.69) is 9.97 Å². The van der Waals surface area contributed by atoms with Gasteiger partial charge in [-0.15, -0.1) is 0 Å². The van der Waals surface area contributed by atoms with Crippen molar-refractivity contribution >= 4 is 22.5 Å². The highest BCUT2D eigenvalue weighted by molar-refractivity contribution is 5.81. The van der Waals surface area contributed by atoms with Crippen molar-refractivity contribution < 1.29 is 4.74 Å². The number of nitrogens with two attached hydrogens (primary N) is 1. The zero-order valence-corrected chi connectivity index (χ0v) is 11.8. The van der Waals surface area contributed by atoms with E-state index in [0.717, 1.165) is 6.54 Å². The molecule has 0 fully saturated rings. The van der Waals surface area contributed by atoms with Crippen molar-refractivity contribution in [3.8, 4) is 0 Å². The van der Waals surface area contributed by atoms with Gasteiger partial charge in [-0.2, -0.15) is 0 Å². The first-order valence-corrected chi connectivity index (χ1v) is 6.78. The Morgan fingerprint density at radius 3 is 2.90 bits per heavy atom. The summed E-state index contributed by atoms with van der Waals surface area (Å²) >= 11 is 0. The molecule has 0 amide bonds. The van der Waals surface area contributed by atoms with Crippen LogP contribution in [0.4, 0.5) is 11.6 Å². The van der Waals surface area contributed by atoms with Crippen LogP contribution in [0.15, 0.2) is 23.0 Å². The largest absolute Gasteiger partial charge is 0.399 e. The summed E-state index contributed by atoms with van der Waals surface area (Å²) in [5.41, 5.74) is 6.72. The quantitative estimate of drug-likeness (QED) is 0.615. The van der Waals surface area contributed by atoms with Gasteiger partial charge in [0.05, 0.1) is 17.5 Å². The van der Waals surface area contributed by atoms with Crippen molar-refractivity contribution in [3.63, 3.8) is 0 Å². The Labute approximate surface area is 117 Å². The van der Waals surface area contributed by atoms with Gasteiger partial charge in [0.25, 0.3) is 5.56 Å². The van der Waals surface area contributed by atoms with Crippen molar-refractivity contribution in [1.29, 1.82) is 0 Å². The molecule has 3 N–H and O–H groups in total.